The minimum absolute atomic E-state index is 0.0763. The summed E-state index contributed by atoms with van der Waals surface area (Å²) in [4.78, 5) is 23.5. The van der Waals surface area contributed by atoms with Gasteiger partial charge in [0.2, 0.25) is 11.8 Å². The third-order valence-electron chi connectivity index (χ3n) is 4.89. The number of methoxy groups -OCH3 is 1. The number of halogens is 2. The van der Waals surface area contributed by atoms with Gasteiger partial charge in [-0.05, 0) is 36.5 Å². The highest BCUT2D eigenvalue weighted by atomic mass is 19.3. The highest BCUT2D eigenvalue weighted by Gasteiger charge is 2.34. The van der Waals surface area contributed by atoms with E-state index in [1.807, 2.05) is 18.2 Å². The van der Waals surface area contributed by atoms with E-state index in [-0.39, 0.29) is 37.2 Å². The number of rotatable bonds is 5. The molecule has 27 heavy (non-hydrogen) atoms. The molecule has 3 rings (SSSR count). The molecule has 1 saturated carbocycles. The fourth-order valence-corrected chi connectivity index (χ4v) is 3.26. The van der Waals surface area contributed by atoms with E-state index >= 15 is 0 Å². The lowest BCUT2D eigenvalue weighted by molar-refractivity contribution is -0.117. The summed E-state index contributed by atoms with van der Waals surface area (Å²) < 4.78 is 31.8. The molecule has 1 aromatic carbocycles. The van der Waals surface area contributed by atoms with Gasteiger partial charge in [-0.2, -0.15) is 0 Å². The Hall–Kier alpha value is -2.64. The van der Waals surface area contributed by atoms with E-state index in [2.05, 4.69) is 16.0 Å². The second kappa shape index (κ2) is 7.94. The predicted molar refractivity (Wildman–Crippen MR) is 97.9 cm³/mol. The number of amides is 3. The van der Waals surface area contributed by atoms with Crippen LogP contribution in [0.4, 0.5) is 19.3 Å². The Morgan fingerprint density at radius 2 is 2.07 bits per heavy atom. The van der Waals surface area contributed by atoms with E-state index in [4.69, 9.17) is 4.74 Å². The molecule has 2 aliphatic rings. The summed E-state index contributed by atoms with van der Waals surface area (Å²) in [6.45, 7) is 0.221. The number of benzene rings is 1. The molecule has 1 aliphatic heterocycles. The second-order valence-electron chi connectivity index (χ2n) is 6.91. The Labute approximate surface area is 156 Å². The molecule has 3 N–H and O–H groups in total. The number of allylic oxidation sites excluding steroid dienone is 1. The van der Waals surface area contributed by atoms with E-state index < -0.39 is 12.0 Å². The smallest absolute Gasteiger partial charge is 0.315 e. The largest absolute Gasteiger partial charge is 0.495 e. The van der Waals surface area contributed by atoms with Crippen LogP contribution >= 0.6 is 0 Å². The Kier molecular flexibility index (Phi) is 5.62. The number of urea groups is 1. The van der Waals surface area contributed by atoms with Crippen LogP contribution in [0.5, 0.6) is 5.75 Å². The maximum absolute atomic E-state index is 13.2. The van der Waals surface area contributed by atoms with Gasteiger partial charge in [-0.15, -0.1) is 0 Å². The molecular formula is C19H23F2N3O3. The molecule has 3 amide bonds. The molecule has 1 heterocycles. The van der Waals surface area contributed by atoms with Crippen molar-refractivity contribution in [3.8, 4) is 5.75 Å². The van der Waals surface area contributed by atoms with Gasteiger partial charge in [-0.1, -0.05) is 18.2 Å². The number of hydrogen-bond acceptors (Lipinski definition) is 3. The van der Waals surface area contributed by atoms with Crippen LogP contribution < -0.4 is 20.7 Å². The number of carbonyl (C=O) groups excluding carboxylic acids is 2. The standard InChI is InChI=1S/C19H23F2N3O3/c1-27-16-5-4-13(3-2-12-6-8-19(20,21)9-7-12)10-14(16)23-17(25)15-11-22-18(26)24-15/h2-5,10,12,15H,6-9,11H2,1H3,(H,23,25)(H2,22,24,26). The number of ether oxygens (including phenoxy) is 1. The van der Waals surface area contributed by atoms with E-state index in [9.17, 15) is 18.4 Å². The van der Waals surface area contributed by atoms with Gasteiger partial charge in [-0.3, -0.25) is 4.79 Å². The third kappa shape index (κ3) is 4.96. The maximum atomic E-state index is 13.2. The highest BCUT2D eigenvalue weighted by molar-refractivity contribution is 6.00. The summed E-state index contributed by atoms with van der Waals surface area (Å²) in [5.74, 6) is -2.26. The number of anilines is 1. The fourth-order valence-electron chi connectivity index (χ4n) is 3.26. The van der Waals surface area contributed by atoms with Gasteiger partial charge >= 0.3 is 6.03 Å². The van der Waals surface area contributed by atoms with Crippen LogP contribution in [0.15, 0.2) is 24.3 Å². The van der Waals surface area contributed by atoms with E-state index in [1.54, 1.807) is 12.1 Å². The lowest BCUT2D eigenvalue weighted by Crippen LogP contribution is -2.38. The van der Waals surface area contributed by atoms with Gasteiger partial charge < -0.3 is 20.7 Å². The number of nitrogens with one attached hydrogen (secondary N) is 3. The monoisotopic (exact) mass is 379 g/mol. The summed E-state index contributed by atoms with van der Waals surface area (Å²) in [7, 11) is 1.50. The first-order valence-electron chi connectivity index (χ1n) is 8.95. The molecular weight excluding hydrogens is 356 g/mol. The fraction of sp³-hybridized carbons (Fsp3) is 0.474. The average molecular weight is 379 g/mol. The van der Waals surface area contributed by atoms with Crippen molar-refractivity contribution in [2.45, 2.75) is 37.6 Å². The summed E-state index contributed by atoms with van der Waals surface area (Å²) >= 11 is 0. The van der Waals surface area contributed by atoms with Gasteiger partial charge in [0.1, 0.15) is 11.8 Å². The van der Waals surface area contributed by atoms with Crippen molar-refractivity contribution >= 4 is 23.7 Å². The van der Waals surface area contributed by atoms with Crippen LogP contribution in [0.2, 0.25) is 0 Å². The summed E-state index contributed by atoms with van der Waals surface area (Å²) in [6, 6.07) is 4.30. The summed E-state index contributed by atoms with van der Waals surface area (Å²) in [5, 5.41) is 7.82. The van der Waals surface area contributed by atoms with E-state index in [0.717, 1.165) is 5.56 Å². The molecule has 1 unspecified atom stereocenters. The van der Waals surface area contributed by atoms with Crippen LogP contribution in [0.25, 0.3) is 6.08 Å². The van der Waals surface area contributed by atoms with Crippen LogP contribution in [0, 0.1) is 5.92 Å². The predicted octanol–water partition coefficient (Wildman–Crippen LogP) is 3.15. The number of carbonyl (C=O) groups is 2. The van der Waals surface area contributed by atoms with Crippen molar-refractivity contribution in [3.05, 3.63) is 29.8 Å². The highest BCUT2D eigenvalue weighted by Crippen LogP contribution is 2.37. The molecule has 1 aliphatic carbocycles. The molecule has 8 heteroatoms. The van der Waals surface area contributed by atoms with Crippen molar-refractivity contribution in [2.24, 2.45) is 5.92 Å². The lowest BCUT2D eigenvalue weighted by Gasteiger charge is -2.26. The maximum Gasteiger partial charge on any atom is 0.315 e. The third-order valence-corrected chi connectivity index (χ3v) is 4.89. The molecule has 0 radical (unpaired) electrons. The summed E-state index contributed by atoms with van der Waals surface area (Å²) in [5.41, 5.74) is 1.32. The molecule has 146 valence electrons. The van der Waals surface area contributed by atoms with Gasteiger partial charge in [-0.25, -0.2) is 13.6 Å². The van der Waals surface area contributed by atoms with Crippen LogP contribution in [-0.4, -0.2) is 37.6 Å². The number of hydrogen-bond donors (Lipinski definition) is 3. The Morgan fingerprint density at radius 3 is 2.70 bits per heavy atom. The molecule has 6 nitrogen and oxygen atoms in total. The molecule has 0 bridgehead atoms. The first-order chi connectivity index (χ1) is 12.9. The minimum Gasteiger partial charge on any atom is -0.495 e. The van der Waals surface area contributed by atoms with Crippen LogP contribution in [-0.2, 0) is 4.79 Å². The van der Waals surface area contributed by atoms with Crippen LogP contribution in [0.1, 0.15) is 31.2 Å². The van der Waals surface area contributed by atoms with Gasteiger partial charge in [0.25, 0.3) is 0 Å². The van der Waals surface area contributed by atoms with Gasteiger partial charge in [0.15, 0.2) is 0 Å². The van der Waals surface area contributed by atoms with Gasteiger partial charge in [0, 0.05) is 19.4 Å². The molecule has 1 aromatic rings. The molecule has 0 aromatic heterocycles. The lowest BCUT2D eigenvalue weighted by atomic mass is 9.86. The van der Waals surface area contributed by atoms with E-state index in [1.165, 1.54) is 7.11 Å². The topological polar surface area (TPSA) is 79.5 Å². The molecule has 1 saturated heterocycles. The SMILES string of the molecule is COc1ccc(C=CC2CCC(F)(F)CC2)cc1NC(=O)C1CNC(=O)N1. The molecule has 2 fully saturated rings. The van der Waals surface area contributed by atoms with Gasteiger partial charge in [0.05, 0.1) is 12.8 Å². The van der Waals surface area contributed by atoms with Crippen molar-refractivity contribution in [3.63, 3.8) is 0 Å². The zero-order chi connectivity index (χ0) is 19.4. The van der Waals surface area contributed by atoms with Crippen molar-refractivity contribution in [2.75, 3.05) is 19.0 Å². The van der Waals surface area contributed by atoms with Crippen molar-refractivity contribution in [1.82, 2.24) is 10.6 Å². The quantitative estimate of drug-likeness (QED) is 0.735. The van der Waals surface area contributed by atoms with Crippen molar-refractivity contribution < 1.29 is 23.1 Å². The normalized spacial score (nSPS) is 22.3. The zero-order valence-corrected chi connectivity index (χ0v) is 15.1. The Balaban J connectivity index is 1.67. The average Bonchev–Trinajstić information content (AvgIpc) is 3.07. The van der Waals surface area contributed by atoms with Crippen molar-refractivity contribution in [1.29, 1.82) is 0 Å². The molecule has 1 atom stereocenters. The molecule has 0 spiro atoms. The van der Waals surface area contributed by atoms with E-state index in [0.29, 0.717) is 24.3 Å². The minimum atomic E-state index is -2.54. The Morgan fingerprint density at radius 1 is 1.33 bits per heavy atom. The van der Waals surface area contributed by atoms with Crippen LogP contribution in [0.3, 0.4) is 0 Å². The zero-order valence-electron chi connectivity index (χ0n) is 15.1. The number of alkyl halides is 2. The first-order valence-corrected chi connectivity index (χ1v) is 8.95. The Bertz CT molecular complexity index is 742. The first kappa shape index (κ1) is 19.1. The summed E-state index contributed by atoms with van der Waals surface area (Å²) in [6.07, 6.45) is 4.61. The second-order valence-corrected chi connectivity index (χ2v) is 6.91.